The van der Waals surface area contributed by atoms with Gasteiger partial charge in [-0.3, -0.25) is 0 Å². The third kappa shape index (κ3) is 26.3. The lowest BCUT2D eigenvalue weighted by atomic mass is 10.4. The summed E-state index contributed by atoms with van der Waals surface area (Å²) < 4.78 is 132. The normalized spacial score (nSPS) is 15.2. The molecular weight excluding hydrogens is 568 g/mol. The topological polar surface area (TPSA) is 220 Å². The lowest BCUT2D eigenvalue weighted by Crippen LogP contribution is -2.32. The molecule has 2 unspecified atom stereocenters. The molecular formula is C14H30O17S4. The van der Waals surface area contributed by atoms with E-state index in [0.717, 1.165) is 25.0 Å². The Kier molecular flexibility index (Phi) is 16.1. The van der Waals surface area contributed by atoms with Crippen LogP contribution in [0.3, 0.4) is 0 Å². The Balaban J connectivity index is 4.81. The van der Waals surface area contributed by atoms with Gasteiger partial charge < -0.3 is 23.7 Å². The highest BCUT2D eigenvalue weighted by Crippen LogP contribution is 2.03. The molecule has 0 aromatic carbocycles. The predicted octanol–water partition coefficient (Wildman–Crippen LogP) is -2.46. The van der Waals surface area contributed by atoms with Gasteiger partial charge in [-0.05, 0) is 0 Å². The molecule has 17 nitrogen and oxygen atoms in total. The minimum absolute atomic E-state index is 0.265. The van der Waals surface area contributed by atoms with Crippen LogP contribution in [-0.4, -0.2) is 125 Å². The zero-order chi connectivity index (χ0) is 27.2. The van der Waals surface area contributed by atoms with E-state index in [1.807, 2.05) is 0 Å². The maximum atomic E-state index is 11.1. The van der Waals surface area contributed by atoms with Crippen molar-refractivity contribution in [1.29, 1.82) is 0 Å². The maximum Gasteiger partial charge on any atom is 0.266 e. The molecule has 0 N–H and O–H groups in total. The Morgan fingerprint density at radius 3 is 0.971 bits per heavy atom. The van der Waals surface area contributed by atoms with Crippen LogP contribution < -0.4 is 0 Å². The van der Waals surface area contributed by atoms with Gasteiger partial charge in [0.15, 0.2) is 27.2 Å². The zero-order valence-electron chi connectivity index (χ0n) is 19.4. The fraction of sp³-hybridized carbons (Fsp3) is 1.00. The first kappa shape index (κ1) is 34.4. The number of hydrogen-bond donors (Lipinski definition) is 0. The van der Waals surface area contributed by atoms with Gasteiger partial charge in [-0.1, -0.05) is 0 Å². The van der Waals surface area contributed by atoms with Crippen molar-refractivity contribution in [1.82, 2.24) is 0 Å². The van der Waals surface area contributed by atoms with Crippen molar-refractivity contribution in [2.24, 2.45) is 0 Å². The summed E-state index contributed by atoms with van der Waals surface area (Å²) in [5.41, 5.74) is 0. The van der Waals surface area contributed by atoms with Crippen molar-refractivity contribution in [3.05, 3.63) is 0 Å². The molecule has 0 bridgehead atoms. The molecule has 0 saturated heterocycles. The first-order valence-corrected chi connectivity index (χ1v) is 16.5. The predicted molar refractivity (Wildman–Crippen MR) is 116 cm³/mol. The van der Waals surface area contributed by atoms with Crippen molar-refractivity contribution in [2.45, 2.75) is 12.2 Å². The minimum Gasteiger partial charge on any atom is -0.376 e. The monoisotopic (exact) mass is 598 g/mol. The van der Waals surface area contributed by atoms with Crippen molar-refractivity contribution in [3.8, 4) is 0 Å². The summed E-state index contributed by atoms with van der Waals surface area (Å²) in [6.07, 6.45) is 1.27. The van der Waals surface area contributed by atoms with E-state index >= 15 is 0 Å². The zero-order valence-corrected chi connectivity index (χ0v) is 22.7. The van der Waals surface area contributed by atoms with Crippen molar-refractivity contribution >= 4 is 40.5 Å². The van der Waals surface area contributed by atoms with Gasteiger partial charge >= 0.3 is 0 Å². The Morgan fingerprint density at radius 1 is 0.429 bits per heavy atom. The Bertz CT molecular complexity index is 921. The van der Waals surface area contributed by atoms with E-state index in [0.29, 0.717) is 0 Å². The summed E-state index contributed by atoms with van der Waals surface area (Å²) in [6.45, 7) is -3.82. The molecule has 21 heteroatoms. The first-order chi connectivity index (χ1) is 15.9. The largest absolute Gasteiger partial charge is 0.376 e. The molecule has 0 aromatic rings. The van der Waals surface area contributed by atoms with E-state index in [4.69, 9.17) is 23.7 Å². The lowest BCUT2D eigenvalue weighted by molar-refractivity contribution is -0.139. The smallest absolute Gasteiger partial charge is 0.266 e. The Hall–Kier alpha value is -0.560. The van der Waals surface area contributed by atoms with Crippen molar-refractivity contribution in [2.75, 3.05) is 78.6 Å². The fourth-order valence-electron chi connectivity index (χ4n) is 1.64. The molecule has 0 aliphatic heterocycles. The molecule has 0 saturated carbocycles. The van der Waals surface area contributed by atoms with E-state index in [1.165, 1.54) is 0 Å². The van der Waals surface area contributed by atoms with Crippen LogP contribution in [0, 0.1) is 0 Å². The van der Waals surface area contributed by atoms with E-state index in [-0.39, 0.29) is 26.4 Å². The van der Waals surface area contributed by atoms with Crippen LogP contribution in [0.5, 0.6) is 0 Å². The average Bonchev–Trinajstić information content (AvgIpc) is 2.64. The second kappa shape index (κ2) is 16.3. The van der Waals surface area contributed by atoms with Crippen LogP contribution in [0.1, 0.15) is 0 Å². The standard InChI is InChI=1S/C14H30O17S4/c1-32(15,16)28-9-24-7-13(26-11-30-34(3,19)20)5-23-6-14(27-12-31-35(4,21)22)8-25-10-29-33(2,17)18/h13-14H,5-12H2,1-4H3. The molecule has 0 radical (unpaired) electrons. The summed E-state index contributed by atoms with van der Waals surface area (Å²) in [4.78, 5) is 0. The highest BCUT2D eigenvalue weighted by atomic mass is 32.2. The molecule has 35 heavy (non-hydrogen) atoms. The molecule has 0 spiro atoms. The fourth-order valence-corrected chi connectivity index (χ4v) is 2.59. The van der Waals surface area contributed by atoms with Gasteiger partial charge in [0, 0.05) is 0 Å². The Morgan fingerprint density at radius 2 is 0.686 bits per heavy atom. The summed E-state index contributed by atoms with van der Waals surface area (Å²) >= 11 is 0. The average molecular weight is 599 g/mol. The summed E-state index contributed by atoms with van der Waals surface area (Å²) in [5, 5.41) is 0. The summed E-state index contributed by atoms with van der Waals surface area (Å²) in [6, 6.07) is 0. The van der Waals surface area contributed by atoms with Crippen LogP contribution in [0.25, 0.3) is 0 Å². The van der Waals surface area contributed by atoms with Gasteiger partial charge in [-0.2, -0.15) is 33.7 Å². The quantitative estimate of drug-likeness (QED) is 0.0716. The molecule has 0 aliphatic carbocycles. The van der Waals surface area contributed by atoms with E-state index in [2.05, 4.69) is 16.7 Å². The van der Waals surface area contributed by atoms with E-state index in [9.17, 15) is 33.7 Å². The highest BCUT2D eigenvalue weighted by Gasteiger charge is 2.17. The van der Waals surface area contributed by atoms with E-state index in [1.54, 1.807) is 0 Å². The first-order valence-electron chi connectivity index (χ1n) is 9.20. The van der Waals surface area contributed by atoms with Gasteiger partial charge in [0.25, 0.3) is 40.5 Å². The second-order valence-electron chi connectivity index (χ2n) is 6.62. The van der Waals surface area contributed by atoms with Gasteiger partial charge in [0.2, 0.25) is 0 Å². The third-order valence-electron chi connectivity index (χ3n) is 3.04. The highest BCUT2D eigenvalue weighted by molar-refractivity contribution is 7.86. The molecule has 0 rings (SSSR count). The van der Waals surface area contributed by atoms with Crippen LogP contribution in [0.4, 0.5) is 0 Å². The lowest BCUT2D eigenvalue weighted by Gasteiger charge is -2.21. The molecule has 0 aliphatic rings. The Labute approximate surface area is 205 Å². The van der Waals surface area contributed by atoms with Crippen LogP contribution in [0.15, 0.2) is 0 Å². The van der Waals surface area contributed by atoms with Gasteiger partial charge in [0.05, 0.1) is 51.5 Å². The molecule has 0 fully saturated rings. The molecule has 0 heterocycles. The molecule has 2 atom stereocenters. The van der Waals surface area contributed by atoms with Gasteiger partial charge in [-0.25, -0.2) is 16.7 Å². The SMILES string of the molecule is CS(=O)(=O)OCOCC(COCC(COCOS(C)(=O)=O)OCOS(C)(=O)=O)OCOS(C)(=O)=O. The van der Waals surface area contributed by atoms with Gasteiger partial charge in [-0.15, -0.1) is 0 Å². The number of ether oxygens (including phenoxy) is 5. The third-order valence-corrected chi connectivity index (χ3v) is 5.14. The van der Waals surface area contributed by atoms with Crippen molar-refractivity contribution < 1.29 is 74.1 Å². The van der Waals surface area contributed by atoms with Crippen LogP contribution >= 0.6 is 0 Å². The number of rotatable bonds is 22. The molecule has 0 aromatic heterocycles. The summed E-state index contributed by atoms with van der Waals surface area (Å²) in [7, 11) is -15.1. The van der Waals surface area contributed by atoms with Crippen LogP contribution in [0.2, 0.25) is 0 Å². The minimum atomic E-state index is -3.81. The maximum absolute atomic E-state index is 11.1. The summed E-state index contributed by atoms with van der Waals surface area (Å²) in [5.74, 6) is 0. The number of hydrogen-bond acceptors (Lipinski definition) is 17. The second-order valence-corrected chi connectivity index (χ2v) is 13.2. The molecule has 212 valence electrons. The molecule has 0 amide bonds. The van der Waals surface area contributed by atoms with E-state index < -0.39 is 79.9 Å². The van der Waals surface area contributed by atoms with Crippen molar-refractivity contribution in [3.63, 3.8) is 0 Å². The van der Waals surface area contributed by atoms with Gasteiger partial charge in [0.1, 0.15) is 12.2 Å². The van der Waals surface area contributed by atoms with Crippen LogP contribution in [-0.2, 0) is 80.9 Å².